The van der Waals surface area contributed by atoms with Crippen LogP contribution >= 0.6 is 0 Å². The fourth-order valence-corrected chi connectivity index (χ4v) is 1.00. The Balaban J connectivity index is 2.98. The number of carbonyl (C=O) groups is 1. The molecular formula is C9H15N3O. The molecule has 1 heterocycles. The normalized spacial score (nSPS) is 15.4. The summed E-state index contributed by atoms with van der Waals surface area (Å²) in [6, 6.07) is 0. The lowest BCUT2D eigenvalue weighted by Crippen LogP contribution is -2.45. The third kappa shape index (κ3) is 1.78. The van der Waals surface area contributed by atoms with E-state index in [0.29, 0.717) is 12.2 Å². The van der Waals surface area contributed by atoms with Gasteiger partial charge in [0.15, 0.2) is 5.82 Å². The van der Waals surface area contributed by atoms with Crippen LogP contribution < -0.4 is 5.73 Å². The molecule has 13 heavy (non-hydrogen) atoms. The van der Waals surface area contributed by atoms with Gasteiger partial charge in [-0.25, -0.2) is 4.98 Å². The van der Waals surface area contributed by atoms with Gasteiger partial charge in [0.05, 0.1) is 5.54 Å². The zero-order chi connectivity index (χ0) is 10.1. The second kappa shape index (κ2) is 3.30. The number of rotatable bonds is 3. The van der Waals surface area contributed by atoms with E-state index in [1.54, 1.807) is 30.9 Å². The Morgan fingerprint density at radius 2 is 2.38 bits per heavy atom. The van der Waals surface area contributed by atoms with Gasteiger partial charge in [-0.1, -0.05) is 6.92 Å². The summed E-state index contributed by atoms with van der Waals surface area (Å²) in [5.41, 5.74) is 5.01. The predicted octanol–water partition coefficient (Wildman–Crippen LogP) is 0.730. The summed E-state index contributed by atoms with van der Waals surface area (Å²) in [5.74, 6) is 0.314. The molecule has 0 bridgehead atoms. The molecule has 2 N–H and O–H groups in total. The Kier molecular flexibility index (Phi) is 2.52. The Morgan fingerprint density at radius 1 is 1.77 bits per heavy atom. The summed E-state index contributed by atoms with van der Waals surface area (Å²) in [7, 11) is 1.78. The van der Waals surface area contributed by atoms with E-state index in [0.717, 1.165) is 0 Å². The number of carbonyl (C=O) groups excluding carboxylic acids is 1. The minimum Gasteiger partial charge on any atom is -0.332 e. The van der Waals surface area contributed by atoms with Gasteiger partial charge in [-0.3, -0.25) is 4.79 Å². The molecule has 0 aliphatic rings. The number of hydrogen-bond acceptors (Lipinski definition) is 3. The number of imidazole rings is 1. The van der Waals surface area contributed by atoms with Gasteiger partial charge in [-0.05, 0) is 13.3 Å². The van der Waals surface area contributed by atoms with E-state index in [1.165, 1.54) is 0 Å². The molecule has 0 saturated carbocycles. The van der Waals surface area contributed by atoms with Crippen LogP contribution in [0.2, 0.25) is 0 Å². The Bertz CT molecular complexity index is 314. The molecule has 0 aliphatic heterocycles. The first-order chi connectivity index (χ1) is 5.99. The van der Waals surface area contributed by atoms with Crippen LogP contribution in [0.3, 0.4) is 0 Å². The van der Waals surface area contributed by atoms with Crippen LogP contribution in [0.5, 0.6) is 0 Å². The van der Waals surface area contributed by atoms with E-state index in [1.807, 2.05) is 6.92 Å². The fraction of sp³-hybridized carbons (Fsp3) is 0.556. The van der Waals surface area contributed by atoms with Gasteiger partial charge in [0.25, 0.3) is 0 Å². The lowest BCUT2D eigenvalue weighted by atomic mass is 9.94. The van der Waals surface area contributed by atoms with Gasteiger partial charge in [0.2, 0.25) is 5.78 Å². The van der Waals surface area contributed by atoms with Crippen molar-refractivity contribution in [3.8, 4) is 0 Å². The Labute approximate surface area is 77.8 Å². The molecule has 0 saturated heterocycles. The maximum Gasteiger partial charge on any atom is 0.217 e. The molecule has 72 valence electrons. The molecule has 0 aliphatic carbocycles. The van der Waals surface area contributed by atoms with Crippen LogP contribution in [-0.4, -0.2) is 20.9 Å². The standard InChI is InChI=1S/C9H15N3O/c1-4-9(2,10)7(13)8-11-5-6-12(8)3/h5-6H,4,10H2,1-3H3. The Morgan fingerprint density at radius 3 is 2.77 bits per heavy atom. The zero-order valence-corrected chi connectivity index (χ0v) is 8.24. The molecule has 1 rings (SSSR count). The first-order valence-electron chi connectivity index (χ1n) is 4.30. The fourth-order valence-electron chi connectivity index (χ4n) is 1.00. The van der Waals surface area contributed by atoms with Crippen molar-refractivity contribution in [3.63, 3.8) is 0 Å². The molecule has 1 aromatic rings. The van der Waals surface area contributed by atoms with Gasteiger partial charge < -0.3 is 10.3 Å². The van der Waals surface area contributed by atoms with Gasteiger partial charge in [-0.15, -0.1) is 0 Å². The van der Waals surface area contributed by atoms with Crippen molar-refractivity contribution in [2.45, 2.75) is 25.8 Å². The van der Waals surface area contributed by atoms with E-state index in [2.05, 4.69) is 4.98 Å². The van der Waals surface area contributed by atoms with Crippen molar-refractivity contribution in [2.75, 3.05) is 0 Å². The van der Waals surface area contributed by atoms with Gasteiger partial charge in [0.1, 0.15) is 0 Å². The van der Waals surface area contributed by atoms with Crippen LogP contribution in [0, 0.1) is 0 Å². The molecule has 1 aromatic heterocycles. The van der Waals surface area contributed by atoms with Crippen LogP contribution in [0.4, 0.5) is 0 Å². The Hall–Kier alpha value is -1.16. The van der Waals surface area contributed by atoms with Crippen LogP contribution in [0.1, 0.15) is 30.9 Å². The highest BCUT2D eigenvalue weighted by atomic mass is 16.1. The number of aryl methyl sites for hydroxylation is 1. The molecule has 1 atom stereocenters. The topological polar surface area (TPSA) is 60.9 Å². The molecule has 0 fully saturated rings. The van der Waals surface area contributed by atoms with Crippen molar-refractivity contribution >= 4 is 5.78 Å². The van der Waals surface area contributed by atoms with Crippen LogP contribution in [0.15, 0.2) is 12.4 Å². The number of hydrogen-bond donors (Lipinski definition) is 1. The molecule has 0 radical (unpaired) electrons. The molecule has 4 heteroatoms. The van der Waals surface area contributed by atoms with E-state index in [9.17, 15) is 4.79 Å². The quantitative estimate of drug-likeness (QED) is 0.699. The van der Waals surface area contributed by atoms with E-state index >= 15 is 0 Å². The summed E-state index contributed by atoms with van der Waals surface area (Å²) in [6.07, 6.45) is 3.94. The van der Waals surface area contributed by atoms with Crippen molar-refractivity contribution < 1.29 is 4.79 Å². The second-order valence-electron chi connectivity index (χ2n) is 3.46. The first-order valence-corrected chi connectivity index (χ1v) is 4.30. The van der Waals surface area contributed by atoms with E-state index in [-0.39, 0.29) is 5.78 Å². The third-order valence-electron chi connectivity index (χ3n) is 2.28. The monoisotopic (exact) mass is 181 g/mol. The van der Waals surface area contributed by atoms with Gasteiger partial charge in [0, 0.05) is 19.4 Å². The van der Waals surface area contributed by atoms with Crippen LogP contribution in [0.25, 0.3) is 0 Å². The lowest BCUT2D eigenvalue weighted by molar-refractivity contribution is 0.0883. The maximum atomic E-state index is 11.8. The highest BCUT2D eigenvalue weighted by molar-refractivity contribution is 6.00. The highest BCUT2D eigenvalue weighted by Crippen LogP contribution is 2.11. The first kappa shape index (κ1) is 9.92. The van der Waals surface area contributed by atoms with E-state index < -0.39 is 5.54 Å². The van der Waals surface area contributed by atoms with Crippen LogP contribution in [-0.2, 0) is 7.05 Å². The highest BCUT2D eigenvalue weighted by Gasteiger charge is 2.29. The minimum absolute atomic E-state index is 0.109. The largest absolute Gasteiger partial charge is 0.332 e. The lowest BCUT2D eigenvalue weighted by Gasteiger charge is -2.19. The molecular weight excluding hydrogens is 166 g/mol. The average molecular weight is 181 g/mol. The van der Waals surface area contributed by atoms with Gasteiger partial charge in [-0.2, -0.15) is 0 Å². The van der Waals surface area contributed by atoms with Crippen molar-refractivity contribution in [1.29, 1.82) is 0 Å². The third-order valence-corrected chi connectivity index (χ3v) is 2.28. The smallest absolute Gasteiger partial charge is 0.217 e. The molecule has 0 amide bonds. The molecule has 4 nitrogen and oxygen atoms in total. The second-order valence-corrected chi connectivity index (χ2v) is 3.46. The summed E-state index contributed by atoms with van der Waals surface area (Å²) in [4.78, 5) is 15.7. The number of ketones is 1. The number of nitrogens with two attached hydrogens (primary N) is 1. The average Bonchev–Trinajstić information content (AvgIpc) is 2.50. The van der Waals surface area contributed by atoms with Gasteiger partial charge >= 0.3 is 0 Å². The number of nitrogens with zero attached hydrogens (tertiary/aromatic N) is 2. The van der Waals surface area contributed by atoms with Crippen molar-refractivity contribution in [1.82, 2.24) is 9.55 Å². The molecule has 0 spiro atoms. The summed E-state index contributed by atoms with van der Waals surface area (Å²) < 4.78 is 1.68. The zero-order valence-electron chi connectivity index (χ0n) is 8.24. The minimum atomic E-state index is -0.806. The molecule has 0 aromatic carbocycles. The summed E-state index contributed by atoms with van der Waals surface area (Å²) >= 11 is 0. The molecule has 1 unspecified atom stereocenters. The summed E-state index contributed by atoms with van der Waals surface area (Å²) in [5, 5.41) is 0. The predicted molar refractivity (Wildman–Crippen MR) is 50.4 cm³/mol. The number of aromatic nitrogens is 2. The SMILES string of the molecule is CCC(C)(N)C(=O)c1nccn1C. The van der Waals surface area contributed by atoms with Crippen molar-refractivity contribution in [2.24, 2.45) is 12.8 Å². The summed E-state index contributed by atoms with van der Waals surface area (Å²) in [6.45, 7) is 3.62. The maximum absolute atomic E-state index is 11.8. The number of Topliss-reactive ketones (excluding diaryl/α,β-unsaturated/α-hetero) is 1. The van der Waals surface area contributed by atoms with E-state index in [4.69, 9.17) is 5.73 Å². The van der Waals surface area contributed by atoms with Crippen molar-refractivity contribution in [3.05, 3.63) is 18.2 Å².